The first-order valence-electron chi connectivity index (χ1n) is 11.1. The number of hydrogen-bond acceptors (Lipinski definition) is 5. The van der Waals surface area contributed by atoms with Crippen LogP contribution >= 0.6 is 0 Å². The fourth-order valence-electron chi connectivity index (χ4n) is 4.11. The molecule has 10 heteroatoms. The first kappa shape index (κ1) is 23.3. The summed E-state index contributed by atoms with van der Waals surface area (Å²) in [6.45, 7) is 0.528. The summed E-state index contributed by atoms with van der Waals surface area (Å²) < 4.78 is 43.8. The molecule has 0 radical (unpaired) electrons. The second-order valence-electron chi connectivity index (χ2n) is 8.20. The van der Waals surface area contributed by atoms with Gasteiger partial charge in [0.25, 0.3) is 5.91 Å². The van der Waals surface area contributed by atoms with Gasteiger partial charge < -0.3 is 14.6 Å². The van der Waals surface area contributed by atoms with Gasteiger partial charge in [0.2, 0.25) is 5.91 Å². The molecule has 0 bridgehead atoms. The van der Waals surface area contributed by atoms with Crippen LogP contribution in [0.4, 0.5) is 24.5 Å². The average molecular weight is 492 g/mol. The van der Waals surface area contributed by atoms with Crippen molar-refractivity contribution >= 4 is 23.2 Å². The maximum Gasteiger partial charge on any atom is 0.416 e. The second-order valence-corrected chi connectivity index (χ2v) is 8.20. The smallest absolute Gasteiger partial charge is 0.416 e. The molecule has 0 aliphatic carbocycles. The number of alkyl halides is 3. The third-order valence-corrected chi connectivity index (χ3v) is 5.85. The van der Waals surface area contributed by atoms with E-state index in [4.69, 9.17) is 4.42 Å². The molecule has 2 aromatic carbocycles. The van der Waals surface area contributed by atoms with Gasteiger partial charge in [-0.1, -0.05) is 18.2 Å². The van der Waals surface area contributed by atoms with Crippen molar-refractivity contribution in [2.45, 2.75) is 19.0 Å². The Morgan fingerprint density at radius 1 is 1.03 bits per heavy atom. The lowest BCUT2D eigenvalue weighted by atomic mass is 10.1. The lowest BCUT2D eigenvalue weighted by Gasteiger charge is -2.17. The zero-order valence-electron chi connectivity index (χ0n) is 18.7. The van der Waals surface area contributed by atoms with Gasteiger partial charge in [-0.05, 0) is 54.4 Å². The molecule has 2 aromatic heterocycles. The number of pyridine rings is 1. The van der Waals surface area contributed by atoms with Crippen LogP contribution in [0.25, 0.3) is 11.3 Å². The number of halogens is 3. The third-order valence-electron chi connectivity index (χ3n) is 5.85. The van der Waals surface area contributed by atoms with Crippen LogP contribution in [0.1, 0.15) is 27.3 Å². The summed E-state index contributed by atoms with van der Waals surface area (Å²) in [5.41, 5.74) is 2.31. The molecule has 1 N–H and O–H groups in total. The Morgan fingerprint density at radius 2 is 1.83 bits per heavy atom. The molecule has 1 aliphatic heterocycles. The number of amides is 2. The summed E-state index contributed by atoms with van der Waals surface area (Å²) in [4.78, 5) is 35.5. The third kappa shape index (κ3) is 4.70. The molecule has 3 heterocycles. The normalized spacial score (nSPS) is 12.9. The topological polar surface area (TPSA) is 88.3 Å². The van der Waals surface area contributed by atoms with Crippen molar-refractivity contribution in [3.63, 3.8) is 0 Å². The molecule has 36 heavy (non-hydrogen) atoms. The van der Waals surface area contributed by atoms with Crippen molar-refractivity contribution in [1.82, 2.24) is 9.97 Å². The summed E-state index contributed by atoms with van der Waals surface area (Å²) in [6.07, 6.45) is -0.930. The van der Waals surface area contributed by atoms with E-state index in [2.05, 4.69) is 15.3 Å². The number of nitrogens with zero attached hydrogens (tertiary/aromatic N) is 3. The number of nitrogens with one attached hydrogen (secondary N) is 1. The van der Waals surface area contributed by atoms with Crippen LogP contribution < -0.4 is 10.2 Å². The first-order chi connectivity index (χ1) is 17.3. The number of hydrogen-bond donors (Lipinski definition) is 1. The Labute approximate surface area is 203 Å². The maximum atomic E-state index is 12.9. The molecule has 0 atom stereocenters. The van der Waals surface area contributed by atoms with Crippen molar-refractivity contribution < 1.29 is 27.2 Å². The van der Waals surface area contributed by atoms with E-state index in [1.165, 1.54) is 12.1 Å². The number of benzene rings is 2. The zero-order chi connectivity index (χ0) is 25.3. The van der Waals surface area contributed by atoms with Gasteiger partial charge in [0.05, 0.1) is 12.0 Å². The van der Waals surface area contributed by atoms with E-state index in [-0.39, 0.29) is 23.8 Å². The number of rotatable bonds is 5. The SMILES string of the molecule is O=C(Nc1ccc2c(c1)CCN2C(=O)Cc1ccccn1)c1ncoc1-c1ccc(C(F)(F)F)cc1. The molecule has 5 rings (SSSR count). The largest absolute Gasteiger partial charge is 0.443 e. The molecule has 0 fully saturated rings. The molecule has 182 valence electrons. The minimum absolute atomic E-state index is 0.0533. The molecular formula is C26H19F3N4O3. The highest BCUT2D eigenvalue weighted by atomic mass is 19.4. The molecule has 0 spiro atoms. The highest BCUT2D eigenvalue weighted by Crippen LogP contribution is 2.33. The van der Waals surface area contributed by atoms with Gasteiger partial charge in [0.1, 0.15) is 0 Å². The Balaban J connectivity index is 1.30. The van der Waals surface area contributed by atoms with E-state index in [0.717, 1.165) is 29.8 Å². The number of fused-ring (bicyclic) bond motifs is 1. The van der Waals surface area contributed by atoms with Crippen molar-refractivity contribution in [3.8, 4) is 11.3 Å². The van der Waals surface area contributed by atoms with Crippen LogP contribution in [0.15, 0.2) is 77.7 Å². The lowest BCUT2D eigenvalue weighted by Crippen LogP contribution is -2.30. The summed E-state index contributed by atoms with van der Waals surface area (Å²) in [6, 6.07) is 15.0. The van der Waals surface area contributed by atoms with E-state index in [1.54, 1.807) is 41.4 Å². The summed E-state index contributed by atoms with van der Waals surface area (Å²) in [5, 5.41) is 2.75. The lowest BCUT2D eigenvalue weighted by molar-refractivity contribution is -0.137. The van der Waals surface area contributed by atoms with Crippen LogP contribution in [0.2, 0.25) is 0 Å². The van der Waals surface area contributed by atoms with Crippen LogP contribution in [-0.2, 0) is 23.8 Å². The van der Waals surface area contributed by atoms with Crippen LogP contribution in [0.3, 0.4) is 0 Å². The molecule has 0 saturated carbocycles. The van der Waals surface area contributed by atoms with E-state index in [1.807, 2.05) is 6.07 Å². The quantitative estimate of drug-likeness (QED) is 0.417. The molecule has 0 saturated heterocycles. The fourth-order valence-corrected chi connectivity index (χ4v) is 4.11. The molecule has 0 unspecified atom stereocenters. The Hall–Kier alpha value is -4.47. The van der Waals surface area contributed by atoms with E-state index < -0.39 is 17.6 Å². The predicted octanol–water partition coefficient (Wildman–Crippen LogP) is 5.14. The predicted molar refractivity (Wildman–Crippen MR) is 125 cm³/mol. The van der Waals surface area contributed by atoms with Crippen molar-refractivity contribution in [3.05, 3.63) is 95.8 Å². The number of oxazole rings is 1. The fraction of sp³-hybridized carbons (Fsp3) is 0.154. The van der Waals surface area contributed by atoms with Gasteiger partial charge in [-0.25, -0.2) is 4.98 Å². The Morgan fingerprint density at radius 3 is 2.56 bits per heavy atom. The van der Waals surface area contributed by atoms with E-state index in [0.29, 0.717) is 29.9 Å². The van der Waals surface area contributed by atoms with Gasteiger partial charge in [0.15, 0.2) is 17.8 Å². The minimum Gasteiger partial charge on any atom is -0.443 e. The van der Waals surface area contributed by atoms with Crippen LogP contribution in [-0.4, -0.2) is 28.3 Å². The van der Waals surface area contributed by atoms with E-state index >= 15 is 0 Å². The molecular weight excluding hydrogens is 473 g/mol. The maximum absolute atomic E-state index is 12.9. The number of anilines is 2. The van der Waals surface area contributed by atoms with Crippen molar-refractivity contribution in [2.75, 3.05) is 16.8 Å². The zero-order valence-corrected chi connectivity index (χ0v) is 18.7. The molecule has 7 nitrogen and oxygen atoms in total. The highest BCUT2D eigenvalue weighted by Gasteiger charge is 2.30. The van der Waals surface area contributed by atoms with Crippen LogP contribution in [0, 0.1) is 0 Å². The highest BCUT2D eigenvalue weighted by molar-refractivity contribution is 6.06. The molecule has 1 aliphatic rings. The minimum atomic E-state index is -4.47. The molecule has 2 amide bonds. The monoisotopic (exact) mass is 492 g/mol. The molecule has 4 aromatic rings. The van der Waals surface area contributed by atoms with Crippen molar-refractivity contribution in [2.24, 2.45) is 0 Å². The summed E-state index contributed by atoms with van der Waals surface area (Å²) >= 11 is 0. The van der Waals surface area contributed by atoms with Crippen LogP contribution in [0.5, 0.6) is 0 Å². The van der Waals surface area contributed by atoms with Gasteiger partial charge >= 0.3 is 6.18 Å². The van der Waals surface area contributed by atoms with Gasteiger partial charge in [0, 0.05) is 35.4 Å². The number of carbonyl (C=O) groups excluding carboxylic acids is 2. The van der Waals surface area contributed by atoms with Gasteiger partial charge in [-0.2, -0.15) is 13.2 Å². The van der Waals surface area contributed by atoms with Gasteiger partial charge in [-0.3, -0.25) is 14.6 Å². The van der Waals surface area contributed by atoms with Crippen molar-refractivity contribution in [1.29, 1.82) is 0 Å². The Kier molecular flexibility index (Phi) is 6.01. The number of carbonyl (C=O) groups is 2. The summed E-state index contributed by atoms with van der Waals surface area (Å²) in [5.74, 6) is -0.568. The van der Waals surface area contributed by atoms with E-state index in [9.17, 15) is 22.8 Å². The van der Waals surface area contributed by atoms with Gasteiger partial charge in [-0.15, -0.1) is 0 Å². The average Bonchev–Trinajstić information content (AvgIpc) is 3.52. The summed E-state index contributed by atoms with van der Waals surface area (Å²) in [7, 11) is 0. The number of aromatic nitrogens is 2. The first-order valence-corrected chi connectivity index (χ1v) is 11.1. The standard InChI is InChI=1S/C26H19F3N4O3/c27-26(28,29)18-6-4-16(5-7-18)24-23(31-15-36-24)25(35)32-20-8-9-21-17(13-20)10-12-33(21)22(34)14-19-3-1-2-11-30-19/h1-9,11,13,15H,10,12,14H2,(H,32,35). The Bertz CT molecular complexity index is 1420. The second kappa shape index (κ2) is 9.29.